The van der Waals surface area contributed by atoms with Crippen LogP contribution in [0.25, 0.3) is 11.0 Å². The van der Waals surface area contributed by atoms with Gasteiger partial charge in [-0.3, -0.25) is 14.2 Å². The van der Waals surface area contributed by atoms with Gasteiger partial charge in [-0.15, -0.1) is 0 Å². The Kier molecular flexibility index (Phi) is 4.83. The predicted octanol–water partition coefficient (Wildman–Crippen LogP) is 0.943. The Morgan fingerprint density at radius 3 is 2.50 bits per heavy atom. The summed E-state index contributed by atoms with van der Waals surface area (Å²) in [6, 6.07) is 12.8. The molecule has 2 N–H and O–H groups in total. The highest BCUT2D eigenvalue weighted by Gasteiger charge is 2.12. The number of anilines is 1. The average Bonchev–Trinajstić information content (AvgIpc) is 2.64. The maximum atomic E-state index is 12.3. The van der Waals surface area contributed by atoms with Crippen LogP contribution >= 0.6 is 0 Å². The fraction of sp³-hybridized carbons (Fsp3) is 0.118. The summed E-state index contributed by atoms with van der Waals surface area (Å²) < 4.78 is 26.9. The second-order valence-electron chi connectivity index (χ2n) is 5.45. The largest absolute Gasteiger partial charge is 0.325 e. The van der Waals surface area contributed by atoms with Gasteiger partial charge < -0.3 is 5.32 Å². The smallest absolute Gasteiger partial charge is 0.269 e. The van der Waals surface area contributed by atoms with Gasteiger partial charge in [-0.25, -0.2) is 18.1 Å². The lowest BCUT2D eigenvalue weighted by Gasteiger charge is -2.10. The summed E-state index contributed by atoms with van der Waals surface area (Å²) in [6.45, 7) is -0.182. The Bertz CT molecular complexity index is 1120. The highest BCUT2D eigenvalue weighted by atomic mass is 32.2. The summed E-state index contributed by atoms with van der Waals surface area (Å²) in [6.07, 6.45) is 1.17. The van der Waals surface area contributed by atoms with Crippen molar-refractivity contribution in [3.8, 4) is 0 Å². The van der Waals surface area contributed by atoms with Gasteiger partial charge in [0.15, 0.2) is 0 Å². The van der Waals surface area contributed by atoms with Gasteiger partial charge in [0.1, 0.15) is 6.54 Å². The van der Waals surface area contributed by atoms with Crippen molar-refractivity contribution in [1.82, 2.24) is 14.3 Å². The van der Waals surface area contributed by atoms with Crippen LogP contribution in [0.5, 0.6) is 0 Å². The zero-order valence-electron chi connectivity index (χ0n) is 13.8. The van der Waals surface area contributed by atoms with Crippen LogP contribution < -0.4 is 15.6 Å². The lowest BCUT2D eigenvalue weighted by molar-refractivity contribution is -0.116. The van der Waals surface area contributed by atoms with Gasteiger partial charge in [0.05, 0.1) is 22.1 Å². The van der Waals surface area contributed by atoms with Gasteiger partial charge in [0.25, 0.3) is 5.56 Å². The maximum Gasteiger partial charge on any atom is 0.269 e. The summed E-state index contributed by atoms with van der Waals surface area (Å²) >= 11 is 0. The molecule has 0 unspecified atom stereocenters. The van der Waals surface area contributed by atoms with Crippen molar-refractivity contribution in [2.24, 2.45) is 0 Å². The first-order valence-corrected chi connectivity index (χ1v) is 9.17. The number of nitrogens with one attached hydrogen (secondary N) is 2. The van der Waals surface area contributed by atoms with E-state index in [9.17, 15) is 18.0 Å². The first-order valence-electron chi connectivity index (χ1n) is 7.69. The van der Waals surface area contributed by atoms with E-state index in [0.29, 0.717) is 16.7 Å². The number of amides is 1. The third-order valence-corrected chi connectivity index (χ3v) is 5.20. The van der Waals surface area contributed by atoms with E-state index in [4.69, 9.17) is 0 Å². The molecular weight excluding hydrogens is 356 g/mol. The molecule has 8 nitrogen and oxygen atoms in total. The van der Waals surface area contributed by atoms with Crippen molar-refractivity contribution in [2.45, 2.75) is 11.4 Å². The molecule has 0 saturated carbocycles. The quantitative estimate of drug-likeness (QED) is 0.693. The third kappa shape index (κ3) is 3.63. The summed E-state index contributed by atoms with van der Waals surface area (Å²) in [5, 5.41) is 2.64. The number of carbonyl (C=O) groups is 1. The number of benzene rings is 2. The topological polar surface area (TPSA) is 110 Å². The second-order valence-corrected chi connectivity index (χ2v) is 7.34. The molecular formula is C17H16N4O4S. The lowest BCUT2D eigenvalue weighted by Crippen LogP contribution is -2.28. The lowest BCUT2D eigenvalue weighted by atomic mass is 10.3. The number of carbonyl (C=O) groups excluding carboxylic acids is 1. The van der Waals surface area contributed by atoms with Gasteiger partial charge in [-0.1, -0.05) is 12.1 Å². The van der Waals surface area contributed by atoms with Crippen LogP contribution in [0.15, 0.2) is 64.4 Å². The van der Waals surface area contributed by atoms with Crippen molar-refractivity contribution in [3.63, 3.8) is 0 Å². The minimum Gasteiger partial charge on any atom is -0.325 e. The summed E-state index contributed by atoms with van der Waals surface area (Å²) in [7, 11) is -2.22. The molecule has 0 radical (unpaired) electrons. The molecule has 1 amide bonds. The molecule has 0 atom stereocenters. The van der Waals surface area contributed by atoms with Crippen molar-refractivity contribution >= 4 is 32.7 Å². The highest BCUT2D eigenvalue weighted by Crippen LogP contribution is 2.14. The number of sulfonamides is 1. The predicted molar refractivity (Wildman–Crippen MR) is 97.3 cm³/mol. The van der Waals surface area contributed by atoms with Gasteiger partial charge >= 0.3 is 0 Å². The Morgan fingerprint density at radius 1 is 1.12 bits per heavy atom. The van der Waals surface area contributed by atoms with Crippen molar-refractivity contribution in [2.75, 3.05) is 12.4 Å². The first-order chi connectivity index (χ1) is 12.4. The molecule has 9 heteroatoms. The van der Waals surface area contributed by atoms with Crippen LogP contribution in [0.2, 0.25) is 0 Å². The fourth-order valence-electron chi connectivity index (χ4n) is 2.46. The van der Waals surface area contributed by atoms with E-state index < -0.39 is 15.9 Å². The summed E-state index contributed by atoms with van der Waals surface area (Å²) in [5.74, 6) is -0.410. The van der Waals surface area contributed by atoms with E-state index in [1.54, 1.807) is 24.3 Å². The van der Waals surface area contributed by atoms with Gasteiger partial charge in [-0.05, 0) is 43.4 Å². The number of aromatic nitrogens is 2. The van der Waals surface area contributed by atoms with Crippen molar-refractivity contribution in [1.29, 1.82) is 0 Å². The monoisotopic (exact) mass is 372 g/mol. The first kappa shape index (κ1) is 17.8. The Labute approximate surface area is 149 Å². The van der Waals surface area contributed by atoms with Crippen LogP contribution in [0, 0.1) is 0 Å². The number of rotatable bonds is 5. The fourth-order valence-corrected chi connectivity index (χ4v) is 3.19. The van der Waals surface area contributed by atoms with Crippen LogP contribution in [0.4, 0.5) is 5.69 Å². The maximum absolute atomic E-state index is 12.3. The highest BCUT2D eigenvalue weighted by molar-refractivity contribution is 7.89. The molecule has 0 aliphatic rings. The summed E-state index contributed by atoms with van der Waals surface area (Å²) in [5.41, 5.74) is 1.22. The van der Waals surface area contributed by atoms with E-state index in [1.165, 1.54) is 42.1 Å². The van der Waals surface area contributed by atoms with Crippen molar-refractivity contribution < 1.29 is 13.2 Å². The van der Waals surface area contributed by atoms with Crippen LogP contribution in [0.3, 0.4) is 0 Å². The Morgan fingerprint density at radius 2 is 1.81 bits per heavy atom. The molecule has 0 fully saturated rings. The van der Waals surface area contributed by atoms with E-state index in [-0.39, 0.29) is 17.0 Å². The molecule has 0 saturated heterocycles. The molecule has 3 aromatic rings. The number of nitrogens with zero attached hydrogens (tertiary/aromatic N) is 2. The van der Waals surface area contributed by atoms with E-state index in [1.807, 2.05) is 0 Å². The zero-order chi connectivity index (χ0) is 18.7. The van der Waals surface area contributed by atoms with E-state index >= 15 is 0 Å². The molecule has 26 heavy (non-hydrogen) atoms. The zero-order valence-corrected chi connectivity index (χ0v) is 14.7. The molecule has 134 valence electrons. The number of fused-ring (bicyclic) bond motifs is 1. The van der Waals surface area contributed by atoms with Crippen LogP contribution in [-0.4, -0.2) is 30.9 Å². The number of para-hydroxylation sites is 2. The van der Waals surface area contributed by atoms with Gasteiger partial charge in [-0.2, -0.15) is 0 Å². The molecule has 3 rings (SSSR count). The molecule has 0 aliphatic heterocycles. The third-order valence-electron chi connectivity index (χ3n) is 3.77. The standard InChI is InChI=1S/C17H16N4O4S/c1-18-26(24,25)13-8-6-12(7-9-13)20-16(22)11-21-15-5-3-2-4-14(15)19-10-17(21)23/h2-10,18H,11H2,1H3,(H,20,22). The van der Waals surface area contributed by atoms with Crippen LogP contribution in [-0.2, 0) is 21.4 Å². The summed E-state index contributed by atoms with van der Waals surface area (Å²) in [4.78, 5) is 28.5. The SMILES string of the molecule is CNS(=O)(=O)c1ccc(NC(=O)Cn2c(=O)cnc3ccccc32)cc1. The molecule has 0 aliphatic carbocycles. The molecule has 0 bridgehead atoms. The molecule has 0 spiro atoms. The van der Waals surface area contributed by atoms with Gasteiger partial charge in [0.2, 0.25) is 15.9 Å². The Hall–Kier alpha value is -3.04. The minimum atomic E-state index is -3.54. The van der Waals surface area contributed by atoms with Crippen LogP contribution in [0.1, 0.15) is 0 Å². The van der Waals surface area contributed by atoms with Gasteiger partial charge in [0, 0.05) is 5.69 Å². The normalized spacial score (nSPS) is 11.4. The molecule has 1 heterocycles. The molecule has 1 aromatic heterocycles. The second kappa shape index (κ2) is 7.06. The number of hydrogen-bond acceptors (Lipinski definition) is 5. The number of hydrogen-bond donors (Lipinski definition) is 2. The van der Waals surface area contributed by atoms with E-state index in [2.05, 4.69) is 15.0 Å². The van der Waals surface area contributed by atoms with Crippen molar-refractivity contribution in [3.05, 3.63) is 65.1 Å². The van der Waals surface area contributed by atoms with E-state index in [0.717, 1.165) is 0 Å². The Balaban J connectivity index is 1.80. The molecule has 2 aromatic carbocycles. The average molecular weight is 372 g/mol. The minimum absolute atomic E-state index is 0.0920.